The van der Waals surface area contributed by atoms with Gasteiger partial charge in [-0.1, -0.05) is 5.16 Å². The van der Waals surface area contributed by atoms with Gasteiger partial charge >= 0.3 is 0 Å². The number of aromatic nitrogens is 2. The molecule has 1 atom stereocenters. The molecule has 0 aliphatic carbocycles. The minimum atomic E-state index is -0.134. The second kappa shape index (κ2) is 8.63. The fourth-order valence-corrected chi connectivity index (χ4v) is 2.88. The quantitative estimate of drug-likeness (QED) is 0.748. The summed E-state index contributed by atoms with van der Waals surface area (Å²) in [7, 11) is 0. The van der Waals surface area contributed by atoms with Crippen molar-refractivity contribution in [2.24, 2.45) is 0 Å². The van der Waals surface area contributed by atoms with Crippen molar-refractivity contribution in [2.45, 2.75) is 32.9 Å². The van der Waals surface area contributed by atoms with Crippen molar-refractivity contribution in [3.8, 4) is 5.75 Å². The molecule has 9 nitrogen and oxygen atoms in total. The lowest BCUT2D eigenvalue weighted by atomic mass is 10.3. The summed E-state index contributed by atoms with van der Waals surface area (Å²) in [5.41, 5.74) is 0.736. The molecule has 1 unspecified atom stereocenters. The van der Waals surface area contributed by atoms with Crippen LogP contribution >= 0.6 is 0 Å². The Labute approximate surface area is 157 Å². The maximum Gasteiger partial charge on any atom is 0.239 e. The van der Waals surface area contributed by atoms with Crippen molar-refractivity contribution in [3.63, 3.8) is 0 Å². The third-order valence-electron chi connectivity index (χ3n) is 4.10. The lowest BCUT2D eigenvalue weighted by Crippen LogP contribution is -2.33. The first-order chi connectivity index (χ1) is 13.0. The van der Waals surface area contributed by atoms with Crippen LogP contribution < -0.4 is 15.4 Å². The maximum atomic E-state index is 12.1. The highest BCUT2D eigenvalue weighted by atomic mass is 16.5. The Morgan fingerprint density at radius 1 is 1.41 bits per heavy atom. The molecule has 0 saturated carbocycles. The number of hydrogen-bond donors (Lipinski definition) is 2. The number of likely N-dealkylation sites (tertiary alicyclic amines) is 1. The Bertz CT molecular complexity index is 807. The van der Waals surface area contributed by atoms with Gasteiger partial charge in [0.1, 0.15) is 17.6 Å². The molecule has 3 heterocycles. The zero-order valence-electron chi connectivity index (χ0n) is 15.4. The third kappa shape index (κ3) is 5.78. The molecule has 0 aromatic carbocycles. The van der Waals surface area contributed by atoms with Crippen LogP contribution in [0.4, 0.5) is 5.82 Å². The summed E-state index contributed by atoms with van der Waals surface area (Å²) in [6.07, 6.45) is 2.50. The van der Waals surface area contributed by atoms with Gasteiger partial charge in [-0.25, -0.2) is 0 Å². The van der Waals surface area contributed by atoms with Crippen LogP contribution in [0.15, 0.2) is 28.9 Å². The van der Waals surface area contributed by atoms with E-state index in [1.165, 1.54) is 6.92 Å². The monoisotopic (exact) mass is 373 g/mol. The lowest BCUT2D eigenvalue weighted by molar-refractivity contribution is -0.119. The van der Waals surface area contributed by atoms with Crippen LogP contribution in [0.1, 0.15) is 24.8 Å². The van der Waals surface area contributed by atoms with Crippen LogP contribution in [0.5, 0.6) is 5.75 Å². The molecule has 1 saturated heterocycles. The number of nitrogens with zero attached hydrogens (tertiary/aromatic N) is 3. The molecule has 27 heavy (non-hydrogen) atoms. The number of carbonyl (C=O) groups is 2. The fourth-order valence-electron chi connectivity index (χ4n) is 2.88. The van der Waals surface area contributed by atoms with Gasteiger partial charge in [-0.05, 0) is 19.4 Å². The number of pyridine rings is 1. The summed E-state index contributed by atoms with van der Waals surface area (Å²) >= 11 is 0. The maximum absolute atomic E-state index is 12.1. The van der Waals surface area contributed by atoms with Gasteiger partial charge in [-0.3, -0.25) is 19.5 Å². The number of ether oxygens (including phenoxy) is 1. The number of amides is 2. The third-order valence-corrected chi connectivity index (χ3v) is 4.10. The Hall–Kier alpha value is -2.94. The summed E-state index contributed by atoms with van der Waals surface area (Å²) < 4.78 is 10.9. The predicted molar refractivity (Wildman–Crippen MR) is 97.1 cm³/mol. The normalized spacial score (nSPS) is 16.9. The van der Waals surface area contributed by atoms with E-state index < -0.39 is 0 Å². The zero-order valence-corrected chi connectivity index (χ0v) is 15.4. The van der Waals surface area contributed by atoms with Crippen molar-refractivity contribution >= 4 is 17.6 Å². The molecule has 2 amide bonds. The first-order valence-corrected chi connectivity index (χ1v) is 8.79. The van der Waals surface area contributed by atoms with Crippen LogP contribution in [-0.2, 0) is 16.1 Å². The molecular weight excluding hydrogens is 350 g/mol. The number of hydrogen-bond acceptors (Lipinski definition) is 7. The van der Waals surface area contributed by atoms with E-state index in [9.17, 15) is 9.59 Å². The van der Waals surface area contributed by atoms with E-state index >= 15 is 0 Å². The van der Waals surface area contributed by atoms with Crippen molar-refractivity contribution in [2.75, 3.05) is 25.0 Å². The van der Waals surface area contributed by atoms with Gasteiger partial charge in [0, 0.05) is 38.3 Å². The van der Waals surface area contributed by atoms with Crippen LogP contribution in [0.2, 0.25) is 0 Å². The van der Waals surface area contributed by atoms with E-state index in [1.807, 2.05) is 11.0 Å². The highest BCUT2D eigenvalue weighted by Crippen LogP contribution is 2.19. The highest BCUT2D eigenvalue weighted by molar-refractivity contribution is 5.91. The fraction of sp³-hybridized carbons (Fsp3) is 0.444. The van der Waals surface area contributed by atoms with Crippen molar-refractivity contribution in [1.29, 1.82) is 0 Å². The highest BCUT2D eigenvalue weighted by Gasteiger charge is 2.25. The largest absolute Gasteiger partial charge is 0.489 e. The Kier molecular flexibility index (Phi) is 6.02. The topological polar surface area (TPSA) is 110 Å². The van der Waals surface area contributed by atoms with Gasteiger partial charge in [0.15, 0.2) is 5.82 Å². The first-order valence-electron chi connectivity index (χ1n) is 8.79. The molecule has 2 aromatic heterocycles. The van der Waals surface area contributed by atoms with Gasteiger partial charge in [0.25, 0.3) is 0 Å². The Morgan fingerprint density at radius 2 is 2.26 bits per heavy atom. The van der Waals surface area contributed by atoms with Gasteiger partial charge in [-0.2, -0.15) is 0 Å². The number of nitrogens with one attached hydrogen (secondary N) is 2. The molecule has 1 fully saturated rings. The molecule has 2 aromatic rings. The van der Waals surface area contributed by atoms with Crippen LogP contribution in [0.25, 0.3) is 0 Å². The van der Waals surface area contributed by atoms with Crippen molar-refractivity contribution in [3.05, 3.63) is 35.9 Å². The van der Waals surface area contributed by atoms with Crippen molar-refractivity contribution in [1.82, 2.24) is 20.4 Å². The van der Waals surface area contributed by atoms with Gasteiger partial charge in [0.05, 0.1) is 18.8 Å². The van der Waals surface area contributed by atoms with Gasteiger partial charge in [-0.15, -0.1) is 0 Å². The molecular formula is C18H23N5O4. The zero-order chi connectivity index (χ0) is 19.2. The molecule has 1 aliphatic heterocycles. The molecule has 144 valence electrons. The summed E-state index contributed by atoms with van der Waals surface area (Å²) in [6, 6.07) is 5.29. The molecule has 0 spiro atoms. The summed E-state index contributed by atoms with van der Waals surface area (Å²) in [4.78, 5) is 29.3. The predicted octanol–water partition coefficient (Wildman–Crippen LogP) is 1.11. The van der Waals surface area contributed by atoms with E-state index in [-0.39, 0.29) is 24.5 Å². The summed E-state index contributed by atoms with van der Waals surface area (Å²) in [5, 5.41) is 9.18. The second-order valence-electron chi connectivity index (χ2n) is 6.53. The Morgan fingerprint density at radius 3 is 3.00 bits per heavy atom. The molecule has 9 heteroatoms. The van der Waals surface area contributed by atoms with E-state index in [2.05, 4.69) is 20.8 Å². The summed E-state index contributed by atoms with van der Waals surface area (Å²) in [6.45, 7) is 5.31. The molecule has 0 bridgehead atoms. The molecule has 3 rings (SSSR count). The van der Waals surface area contributed by atoms with Gasteiger partial charge in [0.2, 0.25) is 11.8 Å². The molecule has 1 aliphatic rings. The van der Waals surface area contributed by atoms with Crippen LogP contribution in [0.3, 0.4) is 0 Å². The number of rotatable bonds is 7. The molecule has 2 N–H and O–H groups in total. The second-order valence-corrected chi connectivity index (χ2v) is 6.53. The molecule has 0 radical (unpaired) electrons. The number of aryl methyl sites for hydroxylation is 1. The SMILES string of the molecule is CC(=O)NCc1cc(OC2CCN(CC(=O)Nc3cc(C)on3)C2)ccn1. The average molecular weight is 373 g/mol. The summed E-state index contributed by atoms with van der Waals surface area (Å²) in [5.74, 6) is 1.54. The number of carbonyl (C=O) groups excluding carboxylic acids is 2. The van der Waals surface area contributed by atoms with Gasteiger partial charge < -0.3 is 19.9 Å². The minimum absolute atomic E-state index is 0.00288. The lowest BCUT2D eigenvalue weighted by Gasteiger charge is -2.16. The average Bonchev–Trinajstić information content (AvgIpc) is 3.22. The van der Waals surface area contributed by atoms with E-state index in [0.717, 1.165) is 18.7 Å². The van der Waals surface area contributed by atoms with E-state index in [1.54, 1.807) is 25.3 Å². The smallest absolute Gasteiger partial charge is 0.239 e. The van der Waals surface area contributed by atoms with E-state index in [4.69, 9.17) is 9.26 Å². The van der Waals surface area contributed by atoms with E-state index in [0.29, 0.717) is 30.4 Å². The van der Waals surface area contributed by atoms with Crippen molar-refractivity contribution < 1.29 is 18.8 Å². The minimum Gasteiger partial charge on any atom is -0.489 e. The Balaban J connectivity index is 1.46. The standard InChI is InChI=1S/C18H23N5O4/c1-12-7-17(22-27-12)21-18(25)11-23-6-4-16(10-23)26-15-3-5-19-14(8-15)9-20-13(2)24/h3,5,7-8,16H,4,6,9-11H2,1-2H3,(H,20,24)(H,21,22,25). The van der Waals surface area contributed by atoms with Crippen LogP contribution in [-0.4, -0.2) is 52.6 Å². The number of anilines is 1. The van der Waals surface area contributed by atoms with Crippen LogP contribution in [0, 0.1) is 6.92 Å². The first kappa shape index (κ1) is 18.8.